The standard InChI is InChI=1S/C19H20F3NO3/c1-3-25-16-10-9-13(11-17(16)26-4-2)12-18(24)23-15-8-6-5-7-14(15)19(20,21)22/h5-11H,3-4,12H2,1-2H3,(H,23,24). The van der Waals surface area contributed by atoms with Crippen molar-refractivity contribution in [2.75, 3.05) is 18.5 Å². The maximum Gasteiger partial charge on any atom is 0.418 e. The highest BCUT2D eigenvalue weighted by molar-refractivity contribution is 5.93. The van der Waals surface area contributed by atoms with Crippen LogP contribution in [0.2, 0.25) is 0 Å². The van der Waals surface area contributed by atoms with E-state index in [2.05, 4.69) is 5.32 Å². The number of nitrogens with one attached hydrogen (secondary N) is 1. The molecule has 0 aliphatic rings. The molecule has 1 amide bonds. The lowest BCUT2D eigenvalue weighted by molar-refractivity contribution is -0.137. The first kappa shape index (κ1) is 19.6. The number of halogens is 3. The molecule has 0 saturated carbocycles. The SMILES string of the molecule is CCOc1ccc(CC(=O)Nc2ccccc2C(F)(F)F)cc1OCC. The van der Waals surface area contributed by atoms with Crippen LogP contribution in [-0.2, 0) is 17.4 Å². The minimum atomic E-state index is -4.54. The highest BCUT2D eigenvalue weighted by Gasteiger charge is 2.33. The Labute approximate surface area is 149 Å². The number of hydrogen-bond donors (Lipinski definition) is 1. The van der Waals surface area contributed by atoms with Gasteiger partial charge in [-0.2, -0.15) is 13.2 Å². The number of rotatable bonds is 7. The van der Waals surface area contributed by atoms with Gasteiger partial charge in [-0.1, -0.05) is 18.2 Å². The summed E-state index contributed by atoms with van der Waals surface area (Å²) < 4.78 is 49.9. The molecule has 0 heterocycles. The number of hydrogen-bond acceptors (Lipinski definition) is 3. The summed E-state index contributed by atoms with van der Waals surface area (Å²) in [4.78, 5) is 12.2. The molecule has 0 aliphatic carbocycles. The Balaban J connectivity index is 2.15. The summed E-state index contributed by atoms with van der Waals surface area (Å²) in [5, 5.41) is 2.33. The van der Waals surface area contributed by atoms with Gasteiger partial charge in [-0.15, -0.1) is 0 Å². The van der Waals surface area contributed by atoms with Gasteiger partial charge in [0.05, 0.1) is 30.9 Å². The maximum atomic E-state index is 13.0. The monoisotopic (exact) mass is 367 g/mol. The quantitative estimate of drug-likeness (QED) is 0.773. The molecule has 0 bridgehead atoms. The summed E-state index contributed by atoms with van der Waals surface area (Å²) in [5.74, 6) is 0.504. The van der Waals surface area contributed by atoms with Crippen molar-refractivity contribution in [2.24, 2.45) is 0 Å². The fraction of sp³-hybridized carbons (Fsp3) is 0.316. The lowest BCUT2D eigenvalue weighted by Crippen LogP contribution is -2.18. The molecule has 2 aromatic rings. The zero-order chi connectivity index (χ0) is 19.2. The van der Waals surface area contributed by atoms with E-state index in [4.69, 9.17) is 9.47 Å². The summed E-state index contributed by atoms with van der Waals surface area (Å²) in [7, 11) is 0. The molecule has 26 heavy (non-hydrogen) atoms. The van der Waals surface area contributed by atoms with Gasteiger partial charge in [0.1, 0.15) is 0 Å². The number of anilines is 1. The van der Waals surface area contributed by atoms with Gasteiger partial charge in [-0.25, -0.2) is 0 Å². The van der Waals surface area contributed by atoms with Gasteiger partial charge < -0.3 is 14.8 Å². The highest BCUT2D eigenvalue weighted by atomic mass is 19.4. The van der Waals surface area contributed by atoms with Gasteiger partial charge in [0, 0.05) is 0 Å². The molecule has 7 heteroatoms. The van der Waals surface area contributed by atoms with Gasteiger partial charge in [0.25, 0.3) is 0 Å². The smallest absolute Gasteiger partial charge is 0.418 e. The number of carbonyl (C=O) groups is 1. The van der Waals surface area contributed by atoms with Crippen molar-refractivity contribution in [2.45, 2.75) is 26.4 Å². The molecule has 1 N–H and O–H groups in total. The second kappa shape index (κ2) is 8.60. The third kappa shape index (κ3) is 5.15. The highest BCUT2D eigenvalue weighted by Crippen LogP contribution is 2.34. The Hall–Kier alpha value is -2.70. The normalized spacial score (nSPS) is 11.1. The summed E-state index contributed by atoms with van der Waals surface area (Å²) in [6.45, 7) is 4.56. The van der Waals surface area contributed by atoms with E-state index in [1.807, 2.05) is 13.8 Å². The first-order valence-electron chi connectivity index (χ1n) is 8.19. The Bertz CT molecular complexity index is 760. The molecule has 0 saturated heterocycles. The molecule has 0 radical (unpaired) electrons. The van der Waals surface area contributed by atoms with Crippen LogP contribution in [0.15, 0.2) is 42.5 Å². The van der Waals surface area contributed by atoms with Crippen LogP contribution in [0.5, 0.6) is 11.5 Å². The van der Waals surface area contributed by atoms with Crippen molar-refractivity contribution in [3.8, 4) is 11.5 Å². The molecule has 0 spiro atoms. The minimum absolute atomic E-state index is 0.0847. The molecule has 0 fully saturated rings. The first-order chi connectivity index (χ1) is 12.3. The van der Waals surface area contributed by atoms with Crippen LogP contribution in [0.1, 0.15) is 25.0 Å². The van der Waals surface area contributed by atoms with Crippen LogP contribution in [0.4, 0.5) is 18.9 Å². The average molecular weight is 367 g/mol. The number of amides is 1. The lowest BCUT2D eigenvalue weighted by atomic mass is 10.1. The number of ether oxygens (including phenoxy) is 2. The average Bonchev–Trinajstić information content (AvgIpc) is 2.57. The van der Waals surface area contributed by atoms with E-state index >= 15 is 0 Å². The molecule has 0 unspecified atom stereocenters. The van der Waals surface area contributed by atoms with E-state index in [1.54, 1.807) is 18.2 Å². The topological polar surface area (TPSA) is 47.6 Å². The molecule has 140 valence electrons. The summed E-state index contributed by atoms with van der Waals surface area (Å²) >= 11 is 0. The van der Waals surface area contributed by atoms with E-state index < -0.39 is 17.6 Å². The zero-order valence-electron chi connectivity index (χ0n) is 14.5. The molecule has 2 aromatic carbocycles. The first-order valence-corrected chi connectivity index (χ1v) is 8.19. The number of para-hydroxylation sites is 1. The van der Waals surface area contributed by atoms with E-state index in [-0.39, 0.29) is 12.1 Å². The fourth-order valence-electron chi connectivity index (χ4n) is 2.42. The fourth-order valence-corrected chi connectivity index (χ4v) is 2.42. The number of benzene rings is 2. The third-order valence-electron chi connectivity index (χ3n) is 3.48. The molecule has 0 aliphatic heterocycles. The molecule has 2 rings (SSSR count). The van der Waals surface area contributed by atoms with Gasteiger partial charge in [-0.05, 0) is 43.7 Å². The van der Waals surface area contributed by atoms with Crippen LogP contribution in [0.3, 0.4) is 0 Å². The van der Waals surface area contributed by atoms with Crippen molar-refractivity contribution in [1.29, 1.82) is 0 Å². The van der Waals surface area contributed by atoms with Crippen LogP contribution < -0.4 is 14.8 Å². The predicted molar refractivity (Wildman–Crippen MR) is 92.6 cm³/mol. The van der Waals surface area contributed by atoms with Crippen LogP contribution in [0.25, 0.3) is 0 Å². The largest absolute Gasteiger partial charge is 0.490 e. The maximum absolute atomic E-state index is 13.0. The Morgan fingerprint density at radius 3 is 2.31 bits per heavy atom. The van der Waals surface area contributed by atoms with Crippen molar-refractivity contribution in [3.05, 3.63) is 53.6 Å². The van der Waals surface area contributed by atoms with Gasteiger partial charge in [0.2, 0.25) is 5.91 Å². The number of alkyl halides is 3. The van der Waals surface area contributed by atoms with Crippen molar-refractivity contribution < 1.29 is 27.4 Å². The van der Waals surface area contributed by atoms with Crippen LogP contribution in [-0.4, -0.2) is 19.1 Å². The van der Waals surface area contributed by atoms with Crippen LogP contribution >= 0.6 is 0 Å². The van der Waals surface area contributed by atoms with E-state index in [9.17, 15) is 18.0 Å². The van der Waals surface area contributed by atoms with Gasteiger partial charge >= 0.3 is 6.18 Å². The molecular weight excluding hydrogens is 347 g/mol. The Morgan fingerprint density at radius 1 is 1.00 bits per heavy atom. The second-order valence-electron chi connectivity index (χ2n) is 5.42. The van der Waals surface area contributed by atoms with E-state index in [0.717, 1.165) is 6.07 Å². The molecule has 4 nitrogen and oxygen atoms in total. The molecule has 0 aromatic heterocycles. The molecular formula is C19H20F3NO3. The predicted octanol–water partition coefficient (Wildman–Crippen LogP) is 4.68. The van der Waals surface area contributed by atoms with Crippen LogP contribution in [0, 0.1) is 0 Å². The van der Waals surface area contributed by atoms with E-state index in [1.165, 1.54) is 18.2 Å². The van der Waals surface area contributed by atoms with Crippen molar-refractivity contribution in [3.63, 3.8) is 0 Å². The zero-order valence-corrected chi connectivity index (χ0v) is 14.5. The Morgan fingerprint density at radius 2 is 1.65 bits per heavy atom. The lowest BCUT2D eigenvalue weighted by Gasteiger charge is -2.14. The molecule has 0 atom stereocenters. The summed E-state index contributed by atoms with van der Waals surface area (Å²) in [6, 6.07) is 9.89. The second-order valence-corrected chi connectivity index (χ2v) is 5.42. The van der Waals surface area contributed by atoms with Gasteiger partial charge in [0.15, 0.2) is 11.5 Å². The van der Waals surface area contributed by atoms with E-state index in [0.29, 0.717) is 30.3 Å². The van der Waals surface area contributed by atoms with Gasteiger partial charge in [-0.3, -0.25) is 4.79 Å². The summed E-state index contributed by atoms with van der Waals surface area (Å²) in [6.07, 6.45) is -4.62. The summed E-state index contributed by atoms with van der Waals surface area (Å²) in [5.41, 5.74) is -0.532. The Kier molecular flexibility index (Phi) is 6.49. The van der Waals surface area contributed by atoms with Crippen molar-refractivity contribution in [1.82, 2.24) is 0 Å². The minimum Gasteiger partial charge on any atom is -0.490 e. The van der Waals surface area contributed by atoms with Crippen molar-refractivity contribution >= 4 is 11.6 Å². The third-order valence-corrected chi connectivity index (χ3v) is 3.48. The number of carbonyl (C=O) groups excluding carboxylic acids is 1.